The summed E-state index contributed by atoms with van der Waals surface area (Å²) in [5.74, 6) is 0.666. The molecule has 0 aliphatic carbocycles. The number of aryl methyl sites for hydroxylation is 1. The molecule has 1 N–H and O–H groups in total. The van der Waals surface area contributed by atoms with Crippen LogP contribution in [0.3, 0.4) is 0 Å². The third kappa shape index (κ3) is 5.44. The van der Waals surface area contributed by atoms with Gasteiger partial charge in [0.1, 0.15) is 5.75 Å². The average molecular weight is 311 g/mol. The number of carbonyl (C=O) groups is 1. The number of hydrogen-bond donors (Lipinski definition) is 1. The zero-order valence-electron chi connectivity index (χ0n) is 14.1. The molecule has 23 heavy (non-hydrogen) atoms. The van der Waals surface area contributed by atoms with E-state index in [0.29, 0.717) is 5.56 Å². The Morgan fingerprint density at radius 1 is 1.04 bits per heavy atom. The molecule has 0 unspecified atom stereocenters. The number of benzene rings is 2. The molecular formula is C20H25NO2. The molecule has 3 nitrogen and oxygen atoms in total. The molecule has 0 aliphatic rings. The lowest BCUT2D eigenvalue weighted by molar-refractivity contribution is 0.102. The van der Waals surface area contributed by atoms with Crippen LogP contribution in [0, 0.1) is 0 Å². The number of unbranched alkanes of at least 4 members (excludes halogenated alkanes) is 1. The monoisotopic (exact) mass is 311 g/mol. The summed E-state index contributed by atoms with van der Waals surface area (Å²) in [5.41, 5.74) is 2.74. The van der Waals surface area contributed by atoms with E-state index in [2.05, 4.69) is 24.4 Å². The van der Waals surface area contributed by atoms with Crippen LogP contribution in [0.25, 0.3) is 0 Å². The van der Waals surface area contributed by atoms with E-state index < -0.39 is 0 Å². The number of rotatable bonds is 7. The first-order valence-electron chi connectivity index (χ1n) is 8.25. The fourth-order valence-electron chi connectivity index (χ4n) is 2.30. The first kappa shape index (κ1) is 17.1. The van der Waals surface area contributed by atoms with E-state index in [1.807, 2.05) is 38.1 Å². The van der Waals surface area contributed by atoms with Crippen LogP contribution >= 0.6 is 0 Å². The molecule has 3 heteroatoms. The van der Waals surface area contributed by atoms with E-state index >= 15 is 0 Å². The Balaban J connectivity index is 1.95. The Morgan fingerprint density at radius 2 is 1.70 bits per heavy atom. The van der Waals surface area contributed by atoms with Crippen molar-refractivity contribution in [3.63, 3.8) is 0 Å². The van der Waals surface area contributed by atoms with Gasteiger partial charge in [-0.2, -0.15) is 0 Å². The summed E-state index contributed by atoms with van der Waals surface area (Å²) in [4.78, 5) is 12.3. The molecule has 122 valence electrons. The van der Waals surface area contributed by atoms with E-state index in [9.17, 15) is 4.79 Å². The largest absolute Gasteiger partial charge is 0.491 e. The van der Waals surface area contributed by atoms with E-state index in [4.69, 9.17) is 4.74 Å². The summed E-state index contributed by atoms with van der Waals surface area (Å²) >= 11 is 0. The first-order chi connectivity index (χ1) is 11.1. The lowest BCUT2D eigenvalue weighted by Gasteiger charge is -2.10. The molecule has 1 amide bonds. The van der Waals surface area contributed by atoms with E-state index in [-0.39, 0.29) is 12.0 Å². The standard InChI is InChI=1S/C20H25NO2/c1-4-5-6-16-7-11-18(12-8-16)21-20(22)17-9-13-19(14-10-17)23-15(2)3/h7-15H,4-6H2,1-3H3,(H,21,22). The highest BCUT2D eigenvalue weighted by Gasteiger charge is 2.07. The summed E-state index contributed by atoms with van der Waals surface area (Å²) in [6.45, 7) is 6.14. The number of amides is 1. The van der Waals surface area contributed by atoms with Crippen LogP contribution in [0.4, 0.5) is 5.69 Å². The van der Waals surface area contributed by atoms with Crippen molar-refractivity contribution < 1.29 is 9.53 Å². The van der Waals surface area contributed by atoms with Gasteiger partial charge in [-0.1, -0.05) is 25.5 Å². The van der Waals surface area contributed by atoms with Crippen LogP contribution < -0.4 is 10.1 Å². The van der Waals surface area contributed by atoms with Crippen molar-refractivity contribution in [3.05, 3.63) is 59.7 Å². The average Bonchev–Trinajstić information content (AvgIpc) is 2.54. The fraction of sp³-hybridized carbons (Fsp3) is 0.350. The molecular weight excluding hydrogens is 286 g/mol. The molecule has 0 bridgehead atoms. The van der Waals surface area contributed by atoms with Crippen molar-refractivity contribution in [1.82, 2.24) is 0 Å². The van der Waals surface area contributed by atoms with Crippen LogP contribution in [0.15, 0.2) is 48.5 Å². The minimum atomic E-state index is -0.109. The number of hydrogen-bond acceptors (Lipinski definition) is 2. The maximum atomic E-state index is 12.3. The number of carbonyl (C=O) groups excluding carboxylic acids is 1. The van der Waals surface area contributed by atoms with Crippen LogP contribution in [0.5, 0.6) is 5.75 Å². The van der Waals surface area contributed by atoms with Crippen LogP contribution in [0.1, 0.15) is 49.5 Å². The van der Waals surface area contributed by atoms with Gasteiger partial charge >= 0.3 is 0 Å². The van der Waals surface area contributed by atoms with E-state index in [1.165, 1.54) is 18.4 Å². The SMILES string of the molecule is CCCCc1ccc(NC(=O)c2ccc(OC(C)C)cc2)cc1. The number of anilines is 1. The minimum Gasteiger partial charge on any atom is -0.491 e. The first-order valence-corrected chi connectivity index (χ1v) is 8.25. The molecule has 2 aromatic carbocycles. The van der Waals surface area contributed by atoms with Gasteiger partial charge in [-0.3, -0.25) is 4.79 Å². The molecule has 0 heterocycles. The molecule has 0 fully saturated rings. The molecule has 2 rings (SSSR count). The molecule has 0 saturated carbocycles. The van der Waals surface area contributed by atoms with Gasteiger partial charge in [0.15, 0.2) is 0 Å². The zero-order valence-corrected chi connectivity index (χ0v) is 14.1. The van der Waals surface area contributed by atoms with Crippen molar-refractivity contribution in [2.45, 2.75) is 46.1 Å². The molecule has 0 aromatic heterocycles. The highest BCUT2D eigenvalue weighted by molar-refractivity contribution is 6.04. The van der Waals surface area contributed by atoms with Gasteiger partial charge in [0, 0.05) is 11.3 Å². The van der Waals surface area contributed by atoms with Crippen LogP contribution in [-0.2, 0) is 6.42 Å². The highest BCUT2D eigenvalue weighted by Crippen LogP contribution is 2.16. The molecule has 0 saturated heterocycles. The van der Waals surface area contributed by atoms with Crippen LogP contribution in [0.2, 0.25) is 0 Å². The maximum Gasteiger partial charge on any atom is 0.255 e. The topological polar surface area (TPSA) is 38.3 Å². The van der Waals surface area contributed by atoms with Gasteiger partial charge in [-0.25, -0.2) is 0 Å². The smallest absolute Gasteiger partial charge is 0.255 e. The normalized spacial score (nSPS) is 10.6. The second kappa shape index (κ2) is 8.37. The van der Waals surface area contributed by atoms with Gasteiger partial charge in [0.25, 0.3) is 5.91 Å². The highest BCUT2D eigenvalue weighted by atomic mass is 16.5. The predicted molar refractivity (Wildman–Crippen MR) is 95.2 cm³/mol. The van der Waals surface area contributed by atoms with Gasteiger partial charge in [-0.15, -0.1) is 0 Å². The Hall–Kier alpha value is -2.29. The third-order valence-corrected chi connectivity index (χ3v) is 3.52. The Kier molecular flexibility index (Phi) is 6.21. The van der Waals surface area contributed by atoms with Crippen molar-refractivity contribution in [2.75, 3.05) is 5.32 Å². The van der Waals surface area contributed by atoms with Gasteiger partial charge in [0.2, 0.25) is 0 Å². The quantitative estimate of drug-likeness (QED) is 0.775. The second-order valence-corrected chi connectivity index (χ2v) is 5.95. The Morgan fingerprint density at radius 3 is 2.26 bits per heavy atom. The van der Waals surface area contributed by atoms with Crippen LogP contribution in [-0.4, -0.2) is 12.0 Å². The third-order valence-electron chi connectivity index (χ3n) is 3.52. The lowest BCUT2D eigenvalue weighted by atomic mass is 10.1. The summed E-state index contributed by atoms with van der Waals surface area (Å²) in [6, 6.07) is 15.3. The van der Waals surface area contributed by atoms with Gasteiger partial charge in [0.05, 0.1) is 6.10 Å². The van der Waals surface area contributed by atoms with Crippen molar-refractivity contribution in [2.24, 2.45) is 0 Å². The summed E-state index contributed by atoms with van der Waals surface area (Å²) in [6.07, 6.45) is 3.59. The lowest BCUT2D eigenvalue weighted by Crippen LogP contribution is -2.12. The minimum absolute atomic E-state index is 0.109. The zero-order chi connectivity index (χ0) is 16.7. The maximum absolute atomic E-state index is 12.3. The van der Waals surface area contributed by atoms with Crippen molar-refractivity contribution in [3.8, 4) is 5.75 Å². The Bertz CT molecular complexity index is 615. The fourth-order valence-corrected chi connectivity index (χ4v) is 2.30. The van der Waals surface area contributed by atoms with E-state index in [0.717, 1.165) is 17.9 Å². The molecule has 0 atom stereocenters. The molecule has 0 radical (unpaired) electrons. The van der Waals surface area contributed by atoms with Gasteiger partial charge in [-0.05, 0) is 68.7 Å². The molecule has 0 aliphatic heterocycles. The Labute approximate surface area is 138 Å². The summed E-state index contributed by atoms with van der Waals surface area (Å²) in [7, 11) is 0. The second-order valence-electron chi connectivity index (χ2n) is 5.95. The summed E-state index contributed by atoms with van der Waals surface area (Å²) in [5, 5.41) is 2.92. The van der Waals surface area contributed by atoms with Gasteiger partial charge < -0.3 is 10.1 Å². The molecule has 0 spiro atoms. The van der Waals surface area contributed by atoms with E-state index in [1.54, 1.807) is 12.1 Å². The van der Waals surface area contributed by atoms with Crippen molar-refractivity contribution >= 4 is 11.6 Å². The van der Waals surface area contributed by atoms with Crippen molar-refractivity contribution in [1.29, 1.82) is 0 Å². The number of ether oxygens (including phenoxy) is 1. The number of nitrogens with one attached hydrogen (secondary N) is 1. The molecule has 2 aromatic rings. The summed E-state index contributed by atoms with van der Waals surface area (Å²) < 4.78 is 5.58. The predicted octanol–water partition coefficient (Wildman–Crippen LogP) is 5.07.